The summed E-state index contributed by atoms with van der Waals surface area (Å²) < 4.78 is 30.0. The van der Waals surface area contributed by atoms with E-state index in [2.05, 4.69) is 5.32 Å². The van der Waals surface area contributed by atoms with Gasteiger partial charge in [0.2, 0.25) is 0 Å². The van der Waals surface area contributed by atoms with Gasteiger partial charge in [-0.25, -0.2) is 8.78 Å². The summed E-state index contributed by atoms with van der Waals surface area (Å²) in [5.41, 5.74) is 0. The molecule has 0 fully saturated rings. The van der Waals surface area contributed by atoms with Crippen molar-refractivity contribution in [1.82, 2.24) is 5.32 Å². The van der Waals surface area contributed by atoms with E-state index in [0.29, 0.717) is 12.3 Å². The van der Waals surface area contributed by atoms with Gasteiger partial charge in [-0.2, -0.15) is 0 Å². The first-order valence-corrected chi connectivity index (χ1v) is 4.78. The maximum absolute atomic E-state index is 12.5. The molecule has 0 saturated carbocycles. The third kappa shape index (κ3) is 3.46. The van der Waals surface area contributed by atoms with Crippen LogP contribution in [-0.4, -0.2) is 19.0 Å². The molecule has 0 aliphatic heterocycles. The van der Waals surface area contributed by atoms with E-state index in [9.17, 15) is 8.78 Å². The van der Waals surface area contributed by atoms with Gasteiger partial charge in [0.1, 0.15) is 5.76 Å². The van der Waals surface area contributed by atoms with Gasteiger partial charge in [-0.1, -0.05) is 6.92 Å². The largest absolute Gasteiger partial charge is 0.469 e. The Balaban J connectivity index is 2.43. The lowest BCUT2D eigenvalue weighted by Crippen LogP contribution is -2.37. The maximum atomic E-state index is 12.5. The van der Waals surface area contributed by atoms with Crippen molar-refractivity contribution >= 4 is 0 Å². The summed E-state index contributed by atoms with van der Waals surface area (Å²) in [5, 5.41) is 2.80. The molecule has 1 rings (SSSR count). The molecule has 1 atom stereocenters. The number of rotatable bonds is 6. The van der Waals surface area contributed by atoms with Gasteiger partial charge in [-0.05, 0) is 25.1 Å². The zero-order valence-corrected chi connectivity index (χ0v) is 8.17. The van der Waals surface area contributed by atoms with Gasteiger partial charge in [-0.3, -0.25) is 0 Å². The molecule has 0 aliphatic carbocycles. The number of halogens is 2. The van der Waals surface area contributed by atoms with Crippen LogP contribution < -0.4 is 5.32 Å². The van der Waals surface area contributed by atoms with Crippen LogP contribution in [0.25, 0.3) is 0 Å². The molecule has 1 aromatic rings. The summed E-state index contributed by atoms with van der Waals surface area (Å²) in [4.78, 5) is 0. The molecular weight excluding hydrogens is 188 g/mol. The molecule has 0 aliphatic rings. The molecule has 14 heavy (non-hydrogen) atoms. The quantitative estimate of drug-likeness (QED) is 0.768. The van der Waals surface area contributed by atoms with Crippen LogP contribution in [0, 0.1) is 0 Å². The Bertz CT molecular complexity index is 236. The first kappa shape index (κ1) is 11.2. The van der Waals surface area contributed by atoms with E-state index in [1.807, 2.05) is 6.92 Å². The second-order valence-corrected chi connectivity index (χ2v) is 3.18. The number of hydrogen-bond donors (Lipinski definition) is 1. The lowest BCUT2D eigenvalue weighted by molar-refractivity contribution is 0.0957. The maximum Gasteiger partial charge on any atom is 0.254 e. The zero-order valence-electron chi connectivity index (χ0n) is 8.17. The van der Waals surface area contributed by atoms with E-state index in [1.54, 1.807) is 12.1 Å². The fourth-order valence-corrected chi connectivity index (χ4v) is 1.23. The molecule has 0 bridgehead atoms. The second kappa shape index (κ2) is 5.75. The lowest BCUT2D eigenvalue weighted by atomic mass is 10.1. The summed E-state index contributed by atoms with van der Waals surface area (Å²) in [6.07, 6.45) is 0.232. The van der Waals surface area contributed by atoms with Crippen molar-refractivity contribution in [1.29, 1.82) is 0 Å². The second-order valence-electron chi connectivity index (χ2n) is 3.18. The third-order valence-corrected chi connectivity index (χ3v) is 1.96. The molecule has 1 heterocycles. The Morgan fingerprint density at radius 2 is 2.29 bits per heavy atom. The average Bonchev–Trinajstić information content (AvgIpc) is 2.64. The zero-order chi connectivity index (χ0) is 10.4. The fraction of sp³-hybridized carbons (Fsp3) is 0.600. The van der Waals surface area contributed by atoms with Crippen LogP contribution in [0.1, 0.15) is 19.1 Å². The van der Waals surface area contributed by atoms with Crippen molar-refractivity contribution in [3.8, 4) is 0 Å². The highest BCUT2D eigenvalue weighted by Crippen LogP contribution is 2.10. The number of alkyl halides is 2. The standard InChI is InChI=1S/C10H15F2NO/c1-2-5-13-9(10(11)12)7-8-4-3-6-14-8/h3-4,6,9-10,13H,2,5,7H2,1H3. The molecule has 0 radical (unpaired) electrons. The van der Waals surface area contributed by atoms with Crippen molar-refractivity contribution in [2.75, 3.05) is 6.54 Å². The Morgan fingerprint density at radius 3 is 2.79 bits per heavy atom. The molecule has 0 aromatic carbocycles. The summed E-state index contributed by atoms with van der Waals surface area (Å²) in [7, 11) is 0. The number of furan rings is 1. The SMILES string of the molecule is CCCNC(Cc1ccco1)C(F)F. The molecule has 0 amide bonds. The van der Waals surface area contributed by atoms with Gasteiger partial charge in [0, 0.05) is 6.42 Å². The molecule has 1 aromatic heterocycles. The highest BCUT2D eigenvalue weighted by atomic mass is 19.3. The molecule has 0 saturated heterocycles. The van der Waals surface area contributed by atoms with E-state index >= 15 is 0 Å². The van der Waals surface area contributed by atoms with Crippen molar-refractivity contribution in [2.45, 2.75) is 32.2 Å². The Labute approximate surface area is 82.3 Å². The molecule has 1 N–H and O–H groups in total. The summed E-state index contributed by atoms with van der Waals surface area (Å²) >= 11 is 0. The van der Waals surface area contributed by atoms with E-state index < -0.39 is 12.5 Å². The highest BCUT2D eigenvalue weighted by molar-refractivity contribution is 5.00. The number of hydrogen-bond acceptors (Lipinski definition) is 2. The minimum Gasteiger partial charge on any atom is -0.469 e. The molecule has 1 unspecified atom stereocenters. The van der Waals surface area contributed by atoms with E-state index in [0.717, 1.165) is 6.42 Å². The predicted molar refractivity (Wildman–Crippen MR) is 50.5 cm³/mol. The van der Waals surface area contributed by atoms with Crippen molar-refractivity contribution in [3.05, 3.63) is 24.2 Å². The summed E-state index contributed by atoms with van der Waals surface area (Å²) in [6.45, 7) is 2.55. The third-order valence-electron chi connectivity index (χ3n) is 1.96. The van der Waals surface area contributed by atoms with Gasteiger partial charge in [0.15, 0.2) is 0 Å². The van der Waals surface area contributed by atoms with Crippen molar-refractivity contribution in [2.24, 2.45) is 0 Å². The molecular formula is C10H15F2NO. The minimum atomic E-state index is -2.35. The first-order valence-electron chi connectivity index (χ1n) is 4.78. The summed E-state index contributed by atoms with van der Waals surface area (Å²) in [6, 6.07) is 2.61. The van der Waals surface area contributed by atoms with Gasteiger partial charge in [-0.15, -0.1) is 0 Å². The normalized spacial score (nSPS) is 13.4. The van der Waals surface area contributed by atoms with E-state index in [4.69, 9.17) is 4.42 Å². The van der Waals surface area contributed by atoms with Crippen LogP contribution >= 0.6 is 0 Å². The molecule has 80 valence electrons. The van der Waals surface area contributed by atoms with Crippen LogP contribution in [0.15, 0.2) is 22.8 Å². The first-order chi connectivity index (χ1) is 6.74. The topological polar surface area (TPSA) is 25.2 Å². The Morgan fingerprint density at radius 1 is 1.50 bits per heavy atom. The van der Waals surface area contributed by atoms with Gasteiger partial charge < -0.3 is 9.73 Å². The van der Waals surface area contributed by atoms with E-state index in [-0.39, 0.29) is 6.42 Å². The van der Waals surface area contributed by atoms with Crippen LogP contribution in [0.2, 0.25) is 0 Å². The highest BCUT2D eigenvalue weighted by Gasteiger charge is 2.20. The van der Waals surface area contributed by atoms with E-state index in [1.165, 1.54) is 6.26 Å². The molecule has 4 heteroatoms. The lowest BCUT2D eigenvalue weighted by Gasteiger charge is -2.15. The molecule has 0 spiro atoms. The van der Waals surface area contributed by atoms with Gasteiger partial charge >= 0.3 is 0 Å². The van der Waals surface area contributed by atoms with Crippen LogP contribution in [0.4, 0.5) is 8.78 Å². The average molecular weight is 203 g/mol. The number of nitrogens with one attached hydrogen (secondary N) is 1. The molecule has 2 nitrogen and oxygen atoms in total. The minimum absolute atomic E-state index is 0.241. The monoisotopic (exact) mass is 203 g/mol. The Hall–Kier alpha value is -0.900. The predicted octanol–water partition coefficient (Wildman–Crippen LogP) is 2.46. The van der Waals surface area contributed by atoms with Crippen LogP contribution in [-0.2, 0) is 6.42 Å². The van der Waals surface area contributed by atoms with Crippen molar-refractivity contribution < 1.29 is 13.2 Å². The smallest absolute Gasteiger partial charge is 0.254 e. The Kier molecular flexibility index (Phi) is 4.59. The van der Waals surface area contributed by atoms with Crippen LogP contribution in [0.5, 0.6) is 0 Å². The van der Waals surface area contributed by atoms with Crippen LogP contribution in [0.3, 0.4) is 0 Å². The van der Waals surface area contributed by atoms with Gasteiger partial charge in [0.25, 0.3) is 6.43 Å². The summed E-state index contributed by atoms with van der Waals surface area (Å²) in [5.74, 6) is 0.596. The fourth-order valence-electron chi connectivity index (χ4n) is 1.23. The van der Waals surface area contributed by atoms with Gasteiger partial charge in [0.05, 0.1) is 12.3 Å². The van der Waals surface area contributed by atoms with Crippen molar-refractivity contribution in [3.63, 3.8) is 0 Å².